The number of hydrogen-bond donors (Lipinski definition) is 0. The number of benzene rings is 1. The van der Waals surface area contributed by atoms with Crippen molar-refractivity contribution >= 4 is 11.6 Å². The normalized spacial score (nSPS) is 20.3. The zero-order chi connectivity index (χ0) is 19.0. The lowest BCUT2D eigenvalue weighted by molar-refractivity contribution is -0.136. The van der Waals surface area contributed by atoms with Gasteiger partial charge in [-0.2, -0.15) is 5.10 Å². The van der Waals surface area contributed by atoms with Gasteiger partial charge in [-0.25, -0.2) is 9.48 Å². The first-order valence-electron chi connectivity index (χ1n) is 9.76. The van der Waals surface area contributed by atoms with Crippen molar-refractivity contribution in [1.82, 2.24) is 19.2 Å². The molecule has 0 aliphatic carbocycles. The highest BCUT2D eigenvalue weighted by Crippen LogP contribution is 2.23. The molecule has 27 heavy (non-hydrogen) atoms. The molecule has 0 bridgehead atoms. The molecule has 1 saturated heterocycles. The Hall–Kier alpha value is -2.57. The average Bonchev–Trinajstić information content (AvgIpc) is 2.85. The molecular weight excluding hydrogens is 342 g/mol. The zero-order valence-electron chi connectivity index (χ0n) is 16.1. The summed E-state index contributed by atoms with van der Waals surface area (Å²) in [6.07, 6.45) is 2.42. The van der Waals surface area contributed by atoms with Crippen LogP contribution in [0.25, 0.3) is 0 Å². The predicted molar refractivity (Wildman–Crippen MR) is 104 cm³/mol. The van der Waals surface area contributed by atoms with Crippen LogP contribution in [0.4, 0.5) is 5.69 Å². The third-order valence-corrected chi connectivity index (χ3v) is 5.82. The van der Waals surface area contributed by atoms with Crippen molar-refractivity contribution in [3.05, 3.63) is 46.1 Å². The molecule has 1 fully saturated rings. The number of nitrogens with zero attached hydrogens (tertiary/aromatic N) is 5. The zero-order valence-corrected chi connectivity index (χ0v) is 16.1. The van der Waals surface area contributed by atoms with Gasteiger partial charge in [0.1, 0.15) is 5.82 Å². The highest BCUT2D eigenvalue weighted by Gasteiger charge is 2.31. The van der Waals surface area contributed by atoms with Gasteiger partial charge in [-0.05, 0) is 31.4 Å². The molecule has 7 nitrogen and oxygen atoms in total. The number of aromatic nitrogens is 3. The van der Waals surface area contributed by atoms with Gasteiger partial charge in [-0.3, -0.25) is 9.36 Å². The van der Waals surface area contributed by atoms with Crippen LogP contribution in [0.15, 0.2) is 29.1 Å². The van der Waals surface area contributed by atoms with Crippen LogP contribution in [0.2, 0.25) is 0 Å². The molecule has 0 radical (unpaired) electrons. The summed E-state index contributed by atoms with van der Waals surface area (Å²) in [6.45, 7) is 5.92. The topological polar surface area (TPSA) is 63.4 Å². The fourth-order valence-corrected chi connectivity index (χ4v) is 4.30. The van der Waals surface area contributed by atoms with E-state index in [0.717, 1.165) is 44.8 Å². The van der Waals surface area contributed by atoms with Crippen LogP contribution in [0.3, 0.4) is 0 Å². The quantitative estimate of drug-likeness (QED) is 0.798. The molecule has 2 aromatic rings. The molecule has 0 N–H and O–H groups in total. The Bertz CT molecular complexity index is 900. The number of carbonyl (C=O) groups is 1. The van der Waals surface area contributed by atoms with Gasteiger partial charge in [-0.1, -0.05) is 18.2 Å². The standard InChI is InChI=1S/C20H27N5O2/c1-15-6-3-4-7-17(15)23-10-5-11-24(13-12-23)19(26)16-8-9-18-21-22(2)20(27)25(18)14-16/h3-4,6-7,16H,5,8-14H2,1-2H3. The Balaban J connectivity index is 1.44. The smallest absolute Gasteiger partial charge is 0.345 e. The summed E-state index contributed by atoms with van der Waals surface area (Å²) < 4.78 is 3.04. The first-order chi connectivity index (χ1) is 13.0. The third kappa shape index (κ3) is 3.38. The van der Waals surface area contributed by atoms with Crippen molar-refractivity contribution in [1.29, 1.82) is 0 Å². The first-order valence-corrected chi connectivity index (χ1v) is 9.76. The lowest BCUT2D eigenvalue weighted by Crippen LogP contribution is -2.43. The maximum Gasteiger partial charge on any atom is 0.345 e. The van der Waals surface area contributed by atoms with Gasteiger partial charge in [-0.15, -0.1) is 0 Å². The highest BCUT2D eigenvalue weighted by atomic mass is 16.2. The van der Waals surface area contributed by atoms with Crippen LogP contribution in [-0.4, -0.2) is 51.3 Å². The molecule has 2 aliphatic heterocycles. The van der Waals surface area contributed by atoms with E-state index >= 15 is 0 Å². The highest BCUT2D eigenvalue weighted by molar-refractivity contribution is 5.79. The maximum atomic E-state index is 13.1. The van der Waals surface area contributed by atoms with Gasteiger partial charge in [0.05, 0.1) is 5.92 Å². The number of para-hydroxylation sites is 1. The number of carbonyl (C=O) groups excluding carboxylic acids is 1. The predicted octanol–water partition coefficient (Wildman–Crippen LogP) is 1.19. The fourth-order valence-electron chi connectivity index (χ4n) is 4.30. The maximum absolute atomic E-state index is 13.1. The minimum Gasteiger partial charge on any atom is -0.369 e. The Morgan fingerprint density at radius 1 is 1.15 bits per heavy atom. The van der Waals surface area contributed by atoms with Crippen molar-refractivity contribution in [2.75, 3.05) is 31.1 Å². The van der Waals surface area contributed by atoms with E-state index in [1.807, 2.05) is 4.90 Å². The summed E-state index contributed by atoms with van der Waals surface area (Å²) >= 11 is 0. The average molecular weight is 369 g/mol. The number of rotatable bonds is 2. The molecule has 0 saturated carbocycles. The van der Waals surface area contributed by atoms with Gasteiger partial charge in [0, 0.05) is 51.9 Å². The fraction of sp³-hybridized carbons (Fsp3) is 0.550. The molecule has 3 heterocycles. The van der Waals surface area contributed by atoms with Crippen LogP contribution >= 0.6 is 0 Å². The Kier molecular flexibility index (Phi) is 4.76. The number of anilines is 1. The van der Waals surface area contributed by atoms with Crippen LogP contribution < -0.4 is 10.6 Å². The monoisotopic (exact) mass is 369 g/mol. The van der Waals surface area contributed by atoms with Crippen molar-refractivity contribution in [2.45, 2.75) is 32.7 Å². The molecule has 1 amide bonds. The third-order valence-electron chi connectivity index (χ3n) is 5.82. The molecule has 1 aromatic carbocycles. The van der Waals surface area contributed by atoms with Gasteiger partial charge >= 0.3 is 5.69 Å². The second-order valence-corrected chi connectivity index (χ2v) is 7.62. The van der Waals surface area contributed by atoms with Gasteiger partial charge in [0.25, 0.3) is 0 Å². The lowest BCUT2D eigenvalue weighted by Gasteiger charge is -2.29. The van der Waals surface area contributed by atoms with E-state index in [0.29, 0.717) is 13.0 Å². The van der Waals surface area contributed by atoms with Crippen molar-refractivity contribution in [3.8, 4) is 0 Å². The van der Waals surface area contributed by atoms with Crippen molar-refractivity contribution in [2.24, 2.45) is 13.0 Å². The molecule has 2 aliphatic rings. The van der Waals surface area contributed by atoms with Gasteiger partial charge < -0.3 is 9.80 Å². The molecule has 1 unspecified atom stereocenters. The van der Waals surface area contributed by atoms with Crippen LogP contribution in [0.5, 0.6) is 0 Å². The first kappa shape index (κ1) is 17.8. The Labute approximate surface area is 159 Å². The number of amides is 1. The van der Waals surface area contributed by atoms with Crippen molar-refractivity contribution in [3.63, 3.8) is 0 Å². The molecule has 1 atom stereocenters. The van der Waals surface area contributed by atoms with E-state index in [2.05, 4.69) is 41.2 Å². The molecule has 1 aromatic heterocycles. The summed E-state index contributed by atoms with van der Waals surface area (Å²) in [5.74, 6) is 0.862. The number of hydrogen-bond acceptors (Lipinski definition) is 4. The summed E-state index contributed by atoms with van der Waals surface area (Å²) in [5, 5.41) is 4.26. The van der Waals surface area contributed by atoms with Gasteiger partial charge in [0.15, 0.2) is 0 Å². The van der Waals surface area contributed by atoms with E-state index in [-0.39, 0.29) is 17.5 Å². The molecular formula is C20H27N5O2. The molecule has 4 rings (SSSR count). The summed E-state index contributed by atoms with van der Waals surface area (Å²) in [5.41, 5.74) is 2.41. The molecule has 7 heteroatoms. The van der Waals surface area contributed by atoms with Crippen LogP contribution in [0, 0.1) is 12.8 Å². The van der Waals surface area contributed by atoms with E-state index in [4.69, 9.17) is 0 Å². The summed E-state index contributed by atoms with van der Waals surface area (Å²) in [4.78, 5) is 29.7. The second kappa shape index (κ2) is 7.21. The molecule has 0 spiro atoms. The van der Waals surface area contributed by atoms with E-state index in [1.54, 1.807) is 11.6 Å². The second-order valence-electron chi connectivity index (χ2n) is 7.62. The number of aryl methyl sites for hydroxylation is 3. The summed E-state index contributed by atoms with van der Waals surface area (Å²) in [7, 11) is 1.67. The Morgan fingerprint density at radius 2 is 1.96 bits per heavy atom. The number of fused-ring (bicyclic) bond motifs is 1. The minimum absolute atomic E-state index is 0.121. The van der Waals surface area contributed by atoms with Crippen molar-refractivity contribution < 1.29 is 4.79 Å². The Morgan fingerprint density at radius 3 is 2.78 bits per heavy atom. The van der Waals surface area contributed by atoms with E-state index in [9.17, 15) is 9.59 Å². The van der Waals surface area contributed by atoms with Gasteiger partial charge in [0.2, 0.25) is 5.91 Å². The van der Waals surface area contributed by atoms with Crippen LogP contribution in [0.1, 0.15) is 24.2 Å². The SMILES string of the molecule is Cc1ccccc1N1CCCN(C(=O)C2CCc3nn(C)c(=O)n3C2)CC1. The van der Waals surface area contributed by atoms with Crippen LogP contribution in [-0.2, 0) is 24.8 Å². The molecule has 144 valence electrons. The lowest BCUT2D eigenvalue weighted by atomic mass is 9.97. The van der Waals surface area contributed by atoms with E-state index in [1.165, 1.54) is 15.9 Å². The van der Waals surface area contributed by atoms with E-state index < -0.39 is 0 Å². The summed E-state index contributed by atoms with van der Waals surface area (Å²) in [6, 6.07) is 8.42. The minimum atomic E-state index is -0.121. The largest absolute Gasteiger partial charge is 0.369 e.